The maximum Gasteiger partial charge on any atom is 0.133 e. The van der Waals surface area contributed by atoms with Crippen LogP contribution in [0.3, 0.4) is 0 Å². The molecule has 1 aromatic heterocycles. The summed E-state index contributed by atoms with van der Waals surface area (Å²) in [6.07, 6.45) is 10.0. The lowest BCUT2D eigenvalue weighted by molar-refractivity contribution is 0.338. The third kappa shape index (κ3) is 3.78. The van der Waals surface area contributed by atoms with Gasteiger partial charge >= 0.3 is 0 Å². The Labute approximate surface area is 116 Å². The Hall–Kier alpha value is -0.900. The second kappa shape index (κ2) is 7.04. The van der Waals surface area contributed by atoms with Crippen LogP contribution < -0.4 is 5.73 Å². The van der Waals surface area contributed by atoms with Crippen molar-refractivity contribution in [2.45, 2.75) is 71.3 Å². The van der Waals surface area contributed by atoms with E-state index in [9.17, 15) is 0 Å². The summed E-state index contributed by atoms with van der Waals surface area (Å²) < 4.78 is 2.41. The number of rotatable bonds is 6. The number of aromatic nitrogens is 3. The van der Waals surface area contributed by atoms with Gasteiger partial charge in [0.1, 0.15) is 11.6 Å². The van der Waals surface area contributed by atoms with Gasteiger partial charge in [-0.2, -0.15) is 0 Å². The molecule has 1 aliphatic rings. The fraction of sp³-hybridized carbons (Fsp3) is 0.867. The zero-order valence-corrected chi connectivity index (χ0v) is 12.4. The highest BCUT2D eigenvalue weighted by Crippen LogP contribution is 2.30. The van der Waals surface area contributed by atoms with Crippen molar-refractivity contribution >= 4 is 0 Å². The van der Waals surface area contributed by atoms with Crippen LogP contribution in [-0.2, 0) is 6.42 Å². The summed E-state index contributed by atoms with van der Waals surface area (Å²) in [6.45, 7) is 5.16. The van der Waals surface area contributed by atoms with Gasteiger partial charge in [0, 0.05) is 12.5 Å². The standard InChI is InChI=1S/C15H28N4/c1-12(10-11-16)8-9-15-18-17-13(2)19(15)14-6-4-3-5-7-14/h12,14H,3-11,16H2,1-2H3. The van der Waals surface area contributed by atoms with Gasteiger partial charge in [0.25, 0.3) is 0 Å². The minimum Gasteiger partial charge on any atom is -0.330 e. The zero-order chi connectivity index (χ0) is 13.7. The summed E-state index contributed by atoms with van der Waals surface area (Å²) in [5, 5.41) is 8.71. The molecule has 19 heavy (non-hydrogen) atoms. The first-order valence-corrected chi connectivity index (χ1v) is 7.82. The molecule has 1 aliphatic carbocycles. The molecule has 0 saturated heterocycles. The van der Waals surface area contributed by atoms with Crippen LogP contribution in [0.4, 0.5) is 0 Å². The van der Waals surface area contributed by atoms with Crippen molar-refractivity contribution in [3.8, 4) is 0 Å². The normalized spacial score (nSPS) is 18.7. The quantitative estimate of drug-likeness (QED) is 0.859. The van der Waals surface area contributed by atoms with E-state index in [1.54, 1.807) is 0 Å². The summed E-state index contributed by atoms with van der Waals surface area (Å²) in [6, 6.07) is 0.642. The third-order valence-electron chi connectivity index (χ3n) is 4.40. The molecule has 0 bridgehead atoms. The van der Waals surface area contributed by atoms with Crippen LogP contribution in [0.25, 0.3) is 0 Å². The van der Waals surface area contributed by atoms with Gasteiger partial charge in [0.05, 0.1) is 0 Å². The Morgan fingerprint density at radius 2 is 1.95 bits per heavy atom. The summed E-state index contributed by atoms with van der Waals surface area (Å²) in [4.78, 5) is 0. The molecular weight excluding hydrogens is 236 g/mol. The van der Waals surface area contributed by atoms with Crippen LogP contribution in [0.2, 0.25) is 0 Å². The van der Waals surface area contributed by atoms with Crippen molar-refractivity contribution in [1.82, 2.24) is 14.8 Å². The van der Waals surface area contributed by atoms with E-state index >= 15 is 0 Å². The van der Waals surface area contributed by atoms with Crippen molar-refractivity contribution in [2.75, 3.05) is 6.54 Å². The van der Waals surface area contributed by atoms with Gasteiger partial charge in [0.15, 0.2) is 0 Å². The number of nitrogens with zero attached hydrogens (tertiary/aromatic N) is 3. The predicted molar refractivity (Wildman–Crippen MR) is 78.0 cm³/mol. The van der Waals surface area contributed by atoms with Gasteiger partial charge in [-0.15, -0.1) is 10.2 Å². The van der Waals surface area contributed by atoms with E-state index < -0.39 is 0 Å². The topological polar surface area (TPSA) is 56.7 Å². The van der Waals surface area contributed by atoms with Gasteiger partial charge in [-0.1, -0.05) is 26.2 Å². The molecule has 2 N–H and O–H groups in total. The van der Waals surface area contributed by atoms with E-state index in [1.165, 1.54) is 44.3 Å². The van der Waals surface area contributed by atoms with Crippen molar-refractivity contribution in [3.05, 3.63) is 11.6 Å². The molecule has 1 heterocycles. The van der Waals surface area contributed by atoms with Crippen LogP contribution in [-0.4, -0.2) is 21.3 Å². The van der Waals surface area contributed by atoms with Crippen LogP contribution in [0, 0.1) is 12.8 Å². The second-order valence-electron chi connectivity index (χ2n) is 6.05. The molecule has 0 radical (unpaired) electrons. The summed E-state index contributed by atoms with van der Waals surface area (Å²) in [7, 11) is 0. The maximum atomic E-state index is 5.62. The van der Waals surface area contributed by atoms with E-state index in [1.807, 2.05) is 0 Å². The molecule has 2 rings (SSSR count). The predicted octanol–water partition coefficient (Wildman–Crippen LogP) is 3.01. The first-order valence-electron chi connectivity index (χ1n) is 7.82. The summed E-state index contributed by atoms with van der Waals surface area (Å²) in [5.41, 5.74) is 5.62. The lowest BCUT2D eigenvalue weighted by Gasteiger charge is -2.25. The minimum absolute atomic E-state index is 0.642. The molecule has 0 aromatic carbocycles. The molecule has 0 aliphatic heterocycles. The number of nitrogens with two attached hydrogens (primary N) is 1. The molecule has 1 unspecified atom stereocenters. The Kier molecular flexibility index (Phi) is 5.37. The molecule has 4 nitrogen and oxygen atoms in total. The van der Waals surface area contributed by atoms with Crippen molar-refractivity contribution in [2.24, 2.45) is 11.7 Å². The van der Waals surface area contributed by atoms with Crippen LogP contribution >= 0.6 is 0 Å². The largest absolute Gasteiger partial charge is 0.330 e. The molecular formula is C15H28N4. The molecule has 1 saturated carbocycles. The van der Waals surface area contributed by atoms with E-state index in [0.29, 0.717) is 12.0 Å². The maximum absolute atomic E-state index is 5.62. The molecule has 1 aromatic rings. The SMILES string of the molecule is Cc1nnc(CCC(C)CCN)n1C1CCCCC1. The Morgan fingerprint density at radius 3 is 2.63 bits per heavy atom. The first kappa shape index (κ1) is 14.5. The summed E-state index contributed by atoms with van der Waals surface area (Å²) in [5.74, 6) is 2.96. The van der Waals surface area contributed by atoms with E-state index in [-0.39, 0.29) is 0 Å². The van der Waals surface area contributed by atoms with Crippen LogP contribution in [0.1, 0.15) is 69.6 Å². The lowest BCUT2D eigenvalue weighted by atomic mass is 9.94. The fourth-order valence-electron chi connectivity index (χ4n) is 3.20. The highest BCUT2D eigenvalue weighted by Gasteiger charge is 2.20. The highest BCUT2D eigenvalue weighted by atomic mass is 15.3. The van der Waals surface area contributed by atoms with Gasteiger partial charge in [-0.3, -0.25) is 0 Å². The van der Waals surface area contributed by atoms with Gasteiger partial charge in [-0.25, -0.2) is 0 Å². The van der Waals surface area contributed by atoms with E-state index in [4.69, 9.17) is 5.73 Å². The Bertz CT molecular complexity index is 379. The average Bonchev–Trinajstić information content (AvgIpc) is 2.79. The number of aryl methyl sites for hydroxylation is 2. The monoisotopic (exact) mass is 264 g/mol. The van der Waals surface area contributed by atoms with E-state index in [2.05, 4.69) is 28.6 Å². The van der Waals surface area contributed by atoms with E-state index in [0.717, 1.165) is 25.2 Å². The van der Waals surface area contributed by atoms with Crippen molar-refractivity contribution in [3.63, 3.8) is 0 Å². The average molecular weight is 264 g/mol. The minimum atomic E-state index is 0.642. The second-order valence-corrected chi connectivity index (χ2v) is 6.05. The van der Waals surface area contributed by atoms with Gasteiger partial charge in [-0.05, 0) is 45.1 Å². The zero-order valence-electron chi connectivity index (χ0n) is 12.4. The highest BCUT2D eigenvalue weighted by molar-refractivity contribution is 4.98. The number of hydrogen-bond donors (Lipinski definition) is 1. The fourth-order valence-corrected chi connectivity index (χ4v) is 3.20. The molecule has 0 amide bonds. The van der Waals surface area contributed by atoms with Crippen LogP contribution in [0.15, 0.2) is 0 Å². The molecule has 108 valence electrons. The van der Waals surface area contributed by atoms with Gasteiger partial charge in [0.2, 0.25) is 0 Å². The summed E-state index contributed by atoms with van der Waals surface area (Å²) >= 11 is 0. The Morgan fingerprint density at radius 1 is 1.21 bits per heavy atom. The number of hydrogen-bond acceptors (Lipinski definition) is 3. The molecule has 4 heteroatoms. The van der Waals surface area contributed by atoms with Crippen molar-refractivity contribution < 1.29 is 0 Å². The smallest absolute Gasteiger partial charge is 0.133 e. The lowest BCUT2D eigenvalue weighted by Crippen LogP contribution is -2.17. The molecule has 0 spiro atoms. The van der Waals surface area contributed by atoms with Gasteiger partial charge < -0.3 is 10.3 Å². The van der Waals surface area contributed by atoms with Crippen molar-refractivity contribution in [1.29, 1.82) is 0 Å². The first-order chi connectivity index (χ1) is 9.22. The Balaban J connectivity index is 2.00. The van der Waals surface area contributed by atoms with Crippen LogP contribution in [0.5, 0.6) is 0 Å². The third-order valence-corrected chi connectivity index (χ3v) is 4.40. The molecule has 1 atom stereocenters. The molecule has 1 fully saturated rings.